The van der Waals surface area contributed by atoms with Gasteiger partial charge in [-0.05, 0) is 30.2 Å². The highest BCUT2D eigenvalue weighted by molar-refractivity contribution is 5.89. The maximum atomic E-state index is 12.5. The maximum absolute atomic E-state index is 12.5. The Morgan fingerprint density at radius 2 is 1.81 bits per heavy atom. The van der Waals surface area contributed by atoms with Gasteiger partial charge in [0, 0.05) is 42.1 Å². The van der Waals surface area contributed by atoms with Gasteiger partial charge in [0.25, 0.3) is 0 Å². The van der Waals surface area contributed by atoms with Crippen LogP contribution in [0.25, 0.3) is 22.2 Å². The number of para-hydroxylation sites is 1. The van der Waals surface area contributed by atoms with E-state index in [0.29, 0.717) is 13.1 Å². The normalized spacial score (nSPS) is 11.0. The molecule has 0 aliphatic carbocycles. The van der Waals surface area contributed by atoms with Crippen LogP contribution in [0.2, 0.25) is 0 Å². The second kappa shape index (κ2) is 7.91. The molecule has 2 aromatic carbocycles. The van der Waals surface area contributed by atoms with Crippen LogP contribution in [-0.4, -0.2) is 26.8 Å². The van der Waals surface area contributed by atoms with Gasteiger partial charge in [0.1, 0.15) is 6.54 Å². The second-order valence-electron chi connectivity index (χ2n) is 6.51. The van der Waals surface area contributed by atoms with E-state index in [-0.39, 0.29) is 5.91 Å². The molecule has 2 heterocycles. The fourth-order valence-electron chi connectivity index (χ4n) is 3.33. The Balaban J connectivity index is 1.48. The van der Waals surface area contributed by atoms with Gasteiger partial charge >= 0.3 is 0 Å². The second-order valence-corrected chi connectivity index (χ2v) is 6.51. The van der Waals surface area contributed by atoms with Crippen molar-refractivity contribution >= 4 is 16.8 Å². The molecule has 5 heteroatoms. The molecular weight excluding hydrogens is 336 g/mol. The highest BCUT2D eigenvalue weighted by Crippen LogP contribution is 2.28. The van der Waals surface area contributed by atoms with Crippen LogP contribution in [0.4, 0.5) is 0 Å². The quantitative estimate of drug-likeness (QED) is 0.512. The Morgan fingerprint density at radius 3 is 2.63 bits per heavy atom. The summed E-state index contributed by atoms with van der Waals surface area (Å²) in [4.78, 5) is 12.5. The minimum Gasteiger partial charge on any atom is -0.354 e. The molecule has 0 atom stereocenters. The largest absolute Gasteiger partial charge is 0.354 e. The minimum absolute atomic E-state index is 0.0222. The SMILES string of the molecule is O=C(Cn1c(-c2ccccc2)cc2ccccc21)NCCCn1cccn1. The molecule has 1 N–H and O–H groups in total. The highest BCUT2D eigenvalue weighted by Gasteiger charge is 2.13. The zero-order valence-corrected chi connectivity index (χ0v) is 15.1. The molecule has 0 aliphatic rings. The van der Waals surface area contributed by atoms with Crippen LogP contribution in [0.3, 0.4) is 0 Å². The predicted octanol–water partition coefficient (Wildman–Crippen LogP) is 3.71. The average molecular weight is 358 g/mol. The van der Waals surface area contributed by atoms with E-state index in [2.05, 4.69) is 45.3 Å². The van der Waals surface area contributed by atoms with Crippen LogP contribution in [0.5, 0.6) is 0 Å². The molecule has 0 bridgehead atoms. The van der Waals surface area contributed by atoms with Crippen molar-refractivity contribution in [3.8, 4) is 11.3 Å². The lowest BCUT2D eigenvalue weighted by Crippen LogP contribution is -2.29. The average Bonchev–Trinajstić information content (AvgIpc) is 3.34. The maximum Gasteiger partial charge on any atom is 0.239 e. The van der Waals surface area contributed by atoms with E-state index in [1.165, 1.54) is 0 Å². The first-order valence-electron chi connectivity index (χ1n) is 9.19. The number of carbonyl (C=O) groups excluding carboxylic acids is 1. The van der Waals surface area contributed by atoms with Crippen molar-refractivity contribution in [1.29, 1.82) is 0 Å². The van der Waals surface area contributed by atoms with Crippen molar-refractivity contribution < 1.29 is 4.79 Å². The van der Waals surface area contributed by atoms with Crippen molar-refractivity contribution in [1.82, 2.24) is 19.7 Å². The predicted molar refractivity (Wildman–Crippen MR) is 107 cm³/mol. The van der Waals surface area contributed by atoms with E-state index in [4.69, 9.17) is 0 Å². The highest BCUT2D eigenvalue weighted by atomic mass is 16.1. The monoisotopic (exact) mass is 358 g/mol. The third kappa shape index (κ3) is 3.92. The van der Waals surface area contributed by atoms with Crippen molar-refractivity contribution in [2.24, 2.45) is 0 Å². The summed E-state index contributed by atoms with van der Waals surface area (Å²) in [7, 11) is 0. The summed E-state index contributed by atoms with van der Waals surface area (Å²) in [5.74, 6) is 0.0222. The van der Waals surface area contributed by atoms with E-state index >= 15 is 0 Å². The first kappa shape index (κ1) is 17.1. The molecular formula is C22H22N4O. The Hall–Kier alpha value is -3.34. The van der Waals surface area contributed by atoms with Gasteiger partial charge in [-0.3, -0.25) is 9.48 Å². The van der Waals surface area contributed by atoms with E-state index in [0.717, 1.165) is 35.1 Å². The fourth-order valence-corrected chi connectivity index (χ4v) is 3.33. The molecule has 136 valence electrons. The van der Waals surface area contributed by atoms with Gasteiger partial charge < -0.3 is 9.88 Å². The van der Waals surface area contributed by atoms with Crippen LogP contribution >= 0.6 is 0 Å². The summed E-state index contributed by atoms with van der Waals surface area (Å²) in [6.07, 6.45) is 4.55. The molecule has 4 rings (SSSR count). The van der Waals surface area contributed by atoms with Gasteiger partial charge in [-0.25, -0.2) is 0 Å². The lowest BCUT2D eigenvalue weighted by molar-refractivity contribution is -0.121. The van der Waals surface area contributed by atoms with Crippen molar-refractivity contribution in [3.63, 3.8) is 0 Å². The van der Waals surface area contributed by atoms with Crippen LogP contribution in [0.1, 0.15) is 6.42 Å². The molecule has 0 saturated heterocycles. The number of fused-ring (bicyclic) bond motifs is 1. The van der Waals surface area contributed by atoms with Crippen molar-refractivity contribution in [2.45, 2.75) is 19.5 Å². The first-order chi connectivity index (χ1) is 13.3. The number of hydrogen-bond acceptors (Lipinski definition) is 2. The van der Waals surface area contributed by atoms with E-state index in [9.17, 15) is 4.79 Å². The fraction of sp³-hybridized carbons (Fsp3) is 0.182. The third-order valence-corrected chi connectivity index (χ3v) is 4.63. The number of benzene rings is 2. The Morgan fingerprint density at radius 1 is 1.00 bits per heavy atom. The van der Waals surface area contributed by atoms with Crippen LogP contribution in [-0.2, 0) is 17.9 Å². The van der Waals surface area contributed by atoms with Crippen LogP contribution in [0.15, 0.2) is 79.1 Å². The van der Waals surface area contributed by atoms with Crippen molar-refractivity contribution in [3.05, 3.63) is 79.1 Å². The van der Waals surface area contributed by atoms with E-state index < -0.39 is 0 Å². The Labute approximate surface area is 158 Å². The molecule has 5 nitrogen and oxygen atoms in total. The number of amides is 1. The van der Waals surface area contributed by atoms with Gasteiger partial charge in [-0.2, -0.15) is 5.10 Å². The van der Waals surface area contributed by atoms with Crippen molar-refractivity contribution in [2.75, 3.05) is 6.54 Å². The zero-order chi connectivity index (χ0) is 18.5. The van der Waals surface area contributed by atoms with E-state index in [1.54, 1.807) is 6.20 Å². The lowest BCUT2D eigenvalue weighted by Gasteiger charge is -2.12. The smallest absolute Gasteiger partial charge is 0.239 e. The molecule has 0 fully saturated rings. The van der Waals surface area contributed by atoms with Crippen LogP contribution < -0.4 is 5.32 Å². The molecule has 0 aliphatic heterocycles. The molecule has 1 amide bonds. The molecule has 27 heavy (non-hydrogen) atoms. The number of nitrogens with zero attached hydrogens (tertiary/aromatic N) is 3. The number of rotatable bonds is 7. The molecule has 0 unspecified atom stereocenters. The topological polar surface area (TPSA) is 51.9 Å². The standard InChI is InChI=1S/C22H22N4O/c27-22(23-12-6-14-25-15-7-13-24-25)17-26-20-11-5-4-10-19(20)16-21(26)18-8-2-1-3-9-18/h1-5,7-11,13,15-16H,6,12,14,17H2,(H,23,27). The number of aryl methyl sites for hydroxylation is 1. The molecule has 0 spiro atoms. The van der Waals surface area contributed by atoms with E-state index in [1.807, 2.05) is 47.3 Å². The van der Waals surface area contributed by atoms with Crippen LogP contribution in [0, 0.1) is 0 Å². The summed E-state index contributed by atoms with van der Waals surface area (Å²) in [6.45, 7) is 1.74. The summed E-state index contributed by atoms with van der Waals surface area (Å²) >= 11 is 0. The van der Waals surface area contributed by atoms with Gasteiger partial charge in [0.2, 0.25) is 5.91 Å². The first-order valence-corrected chi connectivity index (χ1v) is 9.19. The number of nitrogens with one attached hydrogen (secondary N) is 1. The summed E-state index contributed by atoms with van der Waals surface area (Å²) in [5, 5.41) is 8.34. The lowest BCUT2D eigenvalue weighted by atomic mass is 10.1. The van der Waals surface area contributed by atoms with Gasteiger partial charge in [-0.1, -0.05) is 48.5 Å². The zero-order valence-electron chi connectivity index (χ0n) is 15.1. The summed E-state index contributed by atoms with van der Waals surface area (Å²) in [6, 6.07) is 22.4. The molecule has 0 radical (unpaired) electrons. The number of aromatic nitrogens is 3. The third-order valence-electron chi connectivity index (χ3n) is 4.63. The molecule has 0 saturated carbocycles. The van der Waals surface area contributed by atoms with Gasteiger partial charge in [0.05, 0.1) is 0 Å². The number of carbonyl (C=O) groups is 1. The van der Waals surface area contributed by atoms with Gasteiger partial charge in [0.15, 0.2) is 0 Å². The molecule has 4 aromatic rings. The minimum atomic E-state index is 0.0222. The molecule has 2 aromatic heterocycles. The summed E-state index contributed by atoms with van der Waals surface area (Å²) < 4.78 is 3.96. The Kier molecular flexibility index (Phi) is 5.01. The number of hydrogen-bond donors (Lipinski definition) is 1. The van der Waals surface area contributed by atoms with Gasteiger partial charge in [-0.15, -0.1) is 0 Å². The summed E-state index contributed by atoms with van der Waals surface area (Å²) in [5.41, 5.74) is 3.24. The Bertz CT molecular complexity index is 1020.